The standard InChI is InChI=1S/C16H14N4O3S/c21-8-11-2-1-10(7-17-11)20-16-15-12-5-6-24(22,23)14(12)4-3-13(15)18-9-19-16/h1-4,7,9,21H,5-6,8H2,(H,18,19,20). The normalized spacial score (nSPS) is 15.4. The Labute approximate surface area is 138 Å². The van der Waals surface area contributed by atoms with Crippen LogP contribution in [0.1, 0.15) is 11.3 Å². The Balaban J connectivity index is 1.85. The predicted molar refractivity (Wildman–Crippen MR) is 88.7 cm³/mol. The highest BCUT2D eigenvalue weighted by Gasteiger charge is 2.29. The van der Waals surface area contributed by atoms with Gasteiger partial charge in [0.1, 0.15) is 12.1 Å². The first-order valence-electron chi connectivity index (χ1n) is 7.40. The Hall–Kier alpha value is -2.58. The van der Waals surface area contributed by atoms with Gasteiger partial charge in [0, 0.05) is 5.39 Å². The van der Waals surface area contributed by atoms with E-state index in [2.05, 4.69) is 20.3 Å². The lowest BCUT2D eigenvalue weighted by atomic mass is 10.1. The number of aromatic nitrogens is 3. The molecule has 0 fully saturated rings. The lowest BCUT2D eigenvalue weighted by molar-refractivity contribution is 0.277. The molecule has 3 aromatic rings. The number of pyridine rings is 1. The summed E-state index contributed by atoms with van der Waals surface area (Å²) in [4.78, 5) is 13.0. The smallest absolute Gasteiger partial charge is 0.179 e. The number of aryl methyl sites for hydroxylation is 1. The zero-order valence-corrected chi connectivity index (χ0v) is 13.4. The average Bonchev–Trinajstić information content (AvgIpc) is 2.91. The maximum Gasteiger partial charge on any atom is 0.179 e. The first-order valence-corrected chi connectivity index (χ1v) is 9.06. The molecule has 1 aromatic carbocycles. The summed E-state index contributed by atoms with van der Waals surface area (Å²) >= 11 is 0. The Bertz CT molecular complexity index is 1030. The molecule has 4 rings (SSSR count). The van der Waals surface area contributed by atoms with E-state index in [1.54, 1.807) is 30.5 Å². The van der Waals surface area contributed by atoms with E-state index >= 15 is 0 Å². The largest absolute Gasteiger partial charge is 0.390 e. The molecule has 3 heterocycles. The van der Waals surface area contributed by atoms with Crippen molar-refractivity contribution in [3.8, 4) is 0 Å². The molecule has 0 aliphatic carbocycles. The van der Waals surface area contributed by atoms with E-state index in [4.69, 9.17) is 5.11 Å². The molecule has 2 aromatic heterocycles. The number of sulfone groups is 1. The first-order chi connectivity index (χ1) is 11.6. The summed E-state index contributed by atoms with van der Waals surface area (Å²) in [5.74, 6) is 0.662. The summed E-state index contributed by atoms with van der Waals surface area (Å²) in [6, 6.07) is 6.82. The number of rotatable bonds is 3. The lowest BCUT2D eigenvalue weighted by Crippen LogP contribution is -2.00. The molecule has 8 heteroatoms. The van der Waals surface area contributed by atoms with Crippen molar-refractivity contribution in [1.29, 1.82) is 0 Å². The van der Waals surface area contributed by atoms with Crippen molar-refractivity contribution in [2.45, 2.75) is 17.9 Å². The Kier molecular flexibility index (Phi) is 3.43. The molecule has 0 radical (unpaired) electrons. The summed E-state index contributed by atoms with van der Waals surface area (Å²) < 4.78 is 24.3. The van der Waals surface area contributed by atoms with E-state index in [-0.39, 0.29) is 12.4 Å². The SMILES string of the molecule is O=S1(=O)CCc2c1ccc1ncnc(Nc3ccc(CO)nc3)c21. The highest BCUT2D eigenvalue weighted by atomic mass is 32.2. The minimum atomic E-state index is -3.22. The van der Waals surface area contributed by atoms with Gasteiger partial charge in [0.05, 0.1) is 40.4 Å². The van der Waals surface area contributed by atoms with Crippen LogP contribution in [0.4, 0.5) is 11.5 Å². The number of aliphatic hydroxyl groups is 1. The number of hydrogen-bond acceptors (Lipinski definition) is 7. The van der Waals surface area contributed by atoms with Gasteiger partial charge in [-0.25, -0.2) is 18.4 Å². The molecule has 0 bridgehead atoms. The number of anilines is 2. The Morgan fingerprint density at radius 2 is 2.00 bits per heavy atom. The highest BCUT2D eigenvalue weighted by Crippen LogP contribution is 2.35. The molecule has 0 unspecified atom stereocenters. The summed E-state index contributed by atoms with van der Waals surface area (Å²) in [7, 11) is -3.22. The van der Waals surface area contributed by atoms with Crippen LogP contribution in [0.2, 0.25) is 0 Å². The van der Waals surface area contributed by atoms with Gasteiger partial charge in [-0.3, -0.25) is 4.98 Å². The minimum Gasteiger partial charge on any atom is -0.390 e. The third-order valence-corrected chi connectivity index (χ3v) is 5.87. The summed E-state index contributed by atoms with van der Waals surface area (Å²) in [6.45, 7) is -0.123. The average molecular weight is 342 g/mol. The zero-order chi connectivity index (χ0) is 16.7. The Morgan fingerprint density at radius 3 is 2.75 bits per heavy atom. The van der Waals surface area contributed by atoms with Gasteiger partial charge in [-0.15, -0.1) is 0 Å². The number of benzene rings is 1. The fraction of sp³-hybridized carbons (Fsp3) is 0.188. The summed E-state index contributed by atoms with van der Waals surface area (Å²) in [5.41, 5.74) is 2.73. The van der Waals surface area contributed by atoms with Crippen molar-refractivity contribution >= 4 is 32.2 Å². The highest BCUT2D eigenvalue weighted by molar-refractivity contribution is 7.91. The zero-order valence-electron chi connectivity index (χ0n) is 12.6. The van der Waals surface area contributed by atoms with Gasteiger partial charge in [0.15, 0.2) is 9.84 Å². The monoisotopic (exact) mass is 342 g/mol. The second kappa shape index (κ2) is 5.50. The summed E-state index contributed by atoms with van der Waals surface area (Å²) in [6.07, 6.45) is 3.49. The quantitative estimate of drug-likeness (QED) is 0.744. The molecule has 1 aliphatic heterocycles. The van der Waals surface area contributed by atoms with Gasteiger partial charge >= 0.3 is 0 Å². The van der Waals surface area contributed by atoms with Crippen LogP contribution in [0.3, 0.4) is 0 Å². The number of nitrogens with one attached hydrogen (secondary N) is 1. The van der Waals surface area contributed by atoms with Crippen LogP contribution in [0.25, 0.3) is 10.9 Å². The molecule has 24 heavy (non-hydrogen) atoms. The van der Waals surface area contributed by atoms with Crippen molar-refractivity contribution in [2.24, 2.45) is 0 Å². The van der Waals surface area contributed by atoms with Crippen LogP contribution in [0.5, 0.6) is 0 Å². The van der Waals surface area contributed by atoms with E-state index < -0.39 is 9.84 Å². The van der Waals surface area contributed by atoms with Crippen molar-refractivity contribution in [3.05, 3.63) is 48.0 Å². The Morgan fingerprint density at radius 1 is 1.12 bits per heavy atom. The second-order valence-electron chi connectivity index (χ2n) is 5.55. The third kappa shape index (κ3) is 2.40. The number of aliphatic hydroxyl groups excluding tert-OH is 1. The molecule has 2 N–H and O–H groups in total. The number of hydrogen-bond donors (Lipinski definition) is 2. The van der Waals surface area contributed by atoms with Crippen LogP contribution in [-0.2, 0) is 22.9 Å². The molecular formula is C16H14N4O3S. The van der Waals surface area contributed by atoms with Gasteiger partial charge < -0.3 is 10.4 Å². The minimum absolute atomic E-state index is 0.114. The van der Waals surface area contributed by atoms with Gasteiger partial charge in [-0.1, -0.05) is 0 Å². The summed E-state index contributed by atoms with van der Waals surface area (Å²) in [5, 5.41) is 12.9. The van der Waals surface area contributed by atoms with Gasteiger partial charge in [0.25, 0.3) is 0 Å². The van der Waals surface area contributed by atoms with Gasteiger partial charge in [-0.2, -0.15) is 0 Å². The van der Waals surface area contributed by atoms with Crippen molar-refractivity contribution in [1.82, 2.24) is 15.0 Å². The van der Waals surface area contributed by atoms with Crippen molar-refractivity contribution < 1.29 is 13.5 Å². The lowest BCUT2D eigenvalue weighted by Gasteiger charge is -2.11. The number of nitrogens with zero attached hydrogens (tertiary/aromatic N) is 3. The molecule has 0 spiro atoms. The maximum atomic E-state index is 12.1. The van der Waals surface area contributed by atoms with E-state index in [0.717, 1.165) is 10.9 Å². The third-order valence-electron chi connectivity index (χ3n) is 4.07. The van der Waals surface area contributed by atoms with Crippen LogP contribution < -0.4 is 5.32 Å². The number of fused-ring (bicyclic) bond motifs is 3. The molecule has 1 aliphatic rings. The fourth-order valence-corrected chi connectivity index (χ4v) is 4.46. The van der Waals surface area contributed by atoms with E-state index in [0.29, 0.717) is 34.0 Å². The van der Waals surface area contributed by atoms with Crippen molar-refractivity contribution in [2.75, 3.05) is 11.1 Å². The van der Waals surface area contributed by atoms with Crippen LogP contribution in [0, 0.1) is 0 Å². The molecule has 7 nitrogen and oxygen atoms in total. The molecule has 0 atom stereocenters. The molecule has 0 saturated carbocycles. The second-order valence-corrected chi connectivity index (χ2v) is 7.63. The van der Waals surface area contributed by atoms with E-state index in [9.17, 15) is 8.42 Å². The predicted octanol–water partition coefficient (Wildman–Crippen LogP) is 1.59. The van der Waals surface area contributed by atoms with Gasteiger partial charge in [0.2, 0.25) is 0 Å². The van der Waals surface area contributed by atoms with E-state index in [1.807, 2.05) is 0 Å². The van der Waals surface area contributed by atoms with Crippen LogP contribution in [0.15, 0.2) is 41.7 Å². The molecule has 0 saturated heterocycles. The van der Waals surface area contributed by atoms with Crippen molar-refractivity contribution in [3.63, 3.8) is 0 Å². The van der Waals surface area contributed by atoms with Crippen LogP contribution in [-0.4, -0.2) is 34.2 Å². The molecular weight excluding hydrogens is 328 g/mol. The molecule has 122 valence electrons. The van der Waals surface area contributed by atoms with Gasteiger partial charge in [-0.05, 0) is 36.2 Å². The maximum absolute atomic E-state index is 12.1. The van der Waals surface area contributed by atoms with Crippen LogP contribution >= 0.6 is 0 Å². The first kappa shape index (κ1) is 15.0. The fourth-order valence-electron chi connectivity index (χ4n) is 2.91. The van der Waals surface area contributed by atoms with E-state index in [1.165, 1.54) is 6.33 Å². The topological polar surface area (TPSA) is 105 Å². The molecule has 0 amide bonds.